The molecule has 0 aliphatic heterocycles. The molecule has 78 valence electrons. The molecule has 0 N–H and O–H groups in total. The Bertz CT molecular complexity index is 358. The topological polar surface area (TPSA) is 22.1 Å². The van der Waals surface area contributed by atoms with Crippen LogP contribution >= 0.6 is 54.5 Å². The van der Waals surface area contributed by atoms with Crippen LogP contribution in [0.4, 0.5) is 13.2 Å². The van der Waals surface area contributed by atoms with Gasteiger partial charge in [0.15, 0.2) is 0 Å². The van der Waals surface area contributed by atoms with E-state index < -0.39 is 12.2 Å². The molecule has 0 unspecified atom stereocenters. The Morgan fingerprint density at radius 1 is 1.36 bits per heavy atom. The summed E-state index contributed by atoms with van der Waals surface area (Å²) in [6.45, 7) is 0. The SMILES string of the molecule is FC(F)(F)Oc1nc(Br)cc(Br)c1I. The largest absolute Gasteiger partial charge is 0.574 e. The number of hydrogen-bond donors (Lipinski definition) is 0. The van der Waals surface area contributed by atoms with Gasteiger partial charge in [-0.05, 0) is 60.5 Å². The monoisotopic (exact) mass is 445 g/mol. The highest BCUT2D eigenvalue weighted by Crippen LogP contribution is 2.32. The minimum absolute atomic E-state index is 0.267. The molecule has 0 fully saturated rings. The molecule has 1 aromatic rings. The molecular formula is C6HBr2F3INO. The fourth-order valence-electron chi connectivity index (χ4n) is 0.626. The summed E-state index contributed by atoms with van der Waals surface area (Å²) in [6, 6.07) is 1.53. The van der Waals surface area contributed by atoms with E-state index in [9.17, 15) is 13.2 Å². The van der Waals surface area contributed by atoms with E-state index in [0.29, 0.717) is 4.47 Å². The number of pyridine rings is 1. The van der Waals surface area contributed by atoms with Crippen molar-refractivity contribution in [2.45, 2.75) is 6.36 Å². The van der Waals surface area contributed by atoms with Crippen LogP contribution in [0.3, 0.4) is 0 Å². The van der Waals surface area contributed by atoms with Crippen LogP contribution in [0.25, 0.3) is 0 Å². The second kappa shape index (κ2) is 4.52. The maximum absolute atomic E-state index is 11.9. The molecule has 1 rings (SSSR count). The summed E-state index contributed by atoms with van der Waals surface area (Å²) in [5.74, 6) is -0.473. The summed E-state index contributed by atoms with van der Waals surface area (Å²) in [5, 5.41) is 0. The van der Waals surface area contributed by atoms with Crippen molar-refractivity contribution in [3.05, 3.63) is 18.7 Å². The molecule has 0 amide bonds. The van der Waals surface area contributed by atoms with Crippen LogP contribution in [0.1, 0.15) is 0 Å². The van der Waals surface area contributed by atoms with Gasteiger partial charge in [-0.15, -0.1) is 13.2 Å². The molecule has 0 spiro atoms. The van der Waals surface area contributed by atoms with Crippen molar-refractivity contribution in [1.29, 1.82) is 0 Å². The summed E-state index contributed by atoms with van der Waals surface area (Å²) in [7, 11) is 0. The highest BCUT2D eigenvalue weighted by molar-refractivity contribution is 14.1. The lowest BCUT2D eigenvalue weighted by molar-refractivity contribution is -0.276. The second-order valence-corrected chi connectivity index (χ2v) is 4.84. The van der Waals surface area contributed by atoms with Crippen LogP contribution in [-0.2, 0) is 0 Å². The first-order valence-electron chi connectivity index (χ1n) is 3.07. The predicted molar refractivity (Wildman–Crippen MR) is 59.0 cm³/mol. The first-order valence-corrected chi connectivity index (χ1v) is 5.73. The van der Waals surface area contributed by atoms with Crippen molar-refractivity contribution in [3.63, 3.8) is 0 Å². The number of ether oxygens (including phenoxy) is 1. The van der Waals surface area contributed by atoms with E-state index in [1.807, 2.05) is 0 Å². The molecule has 0 atom stereocenters. The highest BCUT2D eigenvalue weighted by Gasteiger charge is 2.33. The zero-order valence-corrected chi connectivity index (χ0v) is 11.5. The third kappa shape index (κ3) is 3.54. The van der Waals surface area contributed by atoms with Gasteiger partial charge < -0.3 is 4.74 Å². The van der Waals surface area contributed by atoms with Gasteiger partial charge in [0, 0.05) is 4.47 Å². The Kier molecular flexibility index (Phi) is 4.03. The lowest BCUT2D eigenvalue weighted by atomic mass is 10.5. The van der Waals surface area contributed by atoms with Gasteiger partial charge in [-0.2, -0.15) is 0 Å². The first kappa shape index (κ1) is 12.5. The number of rotatable bonds is 1. The van der Waals surface area contributed by atoms with Gasteiger partial charge in [-0.3, -0.25) is 0 Å². The van der Waals surface area contributed by atoms with Crippen molar-refractivity contribution in [1.82, 2.24) is 4.98 Å². The second-order valence-electron chi connectivity index (χ2n) is 2.09. The van der Waals surface area contributed by atoms with E-state index in [2.05, 4.69) is 41.6 Å². The molecule has 8 heteroatoms. The molecule has 14 heavy (non-hydrogen) atoms. The molecule has 1 heterocycles. The van der Waals surface area contributed by atoms with Crippen molar-refractivity contribution >= 4 is 54.5 Å². The third-order valence-electron chi connectivity index (χ3n) is 1.06. The number of aromatic nitrogens is 1. The van der Waals surface area contributed by atoms with Crippen LogP contribution < -0.4 is 4.74 Å². The zero-order chi connectivity index (χ0) is 10.9. The maximum atomic E-state index is 11.9. The van der Waals surface area contributed by atoms with Crippen LogP contribution in [0.15, 0.2) is 15.1 Å². The normalized spacial score (nSPS) is 11.6. The number of alkyl halides is 3. The van der Waals surface area contributed by atoms with Crippen LogP contribution in [-0.4, -0.2) is 11.3 Å². The predicted octanol–water partition coefficient (Wildman–Crippen LogP) is 4.11. The van der Waals surface area contributed by atoms with Crippen LogP contribution in [0.5, 0.6) is 5.88 Å². The molecule has 0 saturated heterocycles. The minimum Gasteiger partial charge on any atom is -0.387 e. The summed E-state index contributed by atoms with van der Waals surface area (Å²) in [5.41, 5.74) is 0. The van der Waals surface area contributed by atoms with Gasteiger partial charge in [0.1, 0.15) is 4.60 Å². The van der Waals surface area contributed by atoms with E-state index in [1.165, 1.54) is 6.07 Å². The Morgan fingerprint density at radius 3 is 2.43 bits per heavy atom. The fraction of sp³-hybridized carbons (Fsp3) is 0.167. The molecule has 0 saturated carbocycles. The van der Waals surface area contributed by atoms with Gasteiger partial charge in [-0.25, -0.2) is 4.98 Å². The Morgan fingerprint density at radius 2 is 1.93 bits per heavy atom. The minimum atomic E-state index is -4.73. The number of nitrogens with zero attached hydrogens (tertiary/aromatic N) is 1. The highest BCUT2D eigenvalue weighted by atomic mass is 127. The maximum Gasteiger partial charge on any atom is 0.574 e. The average Bonchev–Trinajstić information content (AvgIpc) is 1.96. The van der Waals surface area contributed by atoms with Gasteiger partial charge in [0.05, 0.1) is 3.57 Å². The van der Waals surface area contributed by atoms with Crippen molar-refractivity contribution < 1.29 is 17.9 Å². The van der Waals surface area contributed by atoms with Crippen molar-refractivity contribution in [2.75, 3.05) is 0 Å². The zero-order valence-electron chi connectivity index (χ0n) is 6.20. The Hall–Kier alpha value is 0.430. The summed E-state index contributed by atoms with van der Waals surface area (Å²) < 4.78 is 40.4. The van der Waals surface area contributed by atoms with E-state index in [4.69, 9.17) is 0 Å². The molecule has 0 bridgehead atoms. The smallest absolute Gasteiger partial charge is 0.387 e. The summed E-state index contributed by atoms with van der Waals surface area (Å²) in [4.78, 5) is 3.56. The van der Waals surface area contributed by atoms with E-state index in [0.717, 1.165) is 0 Å². The van der Waals surface area contributed by atoms with Crippen molar-refractivity contribution in [3.8, 4) is 5.88 Å². The van der Waals surface area contributed by atoms with Gasteiger partial charge in [-0.1, -0.05) is 0 Å². The standard InChI is InChI=1S/C6HBr2F3INO/c7-2-1-3(8)13-5(4(2)12)14-6(9,10)11/h1H. The van der Waals surface area contributed by atoms with E-state index >= 15 is 0 Å². The molecule has 0 radical (unpaired) electrons. The Balaban J connectivity index is 3.09. The third-order valence-corrected chi connectivity index (χ3v) is 3.88. The summed E-state index contributed by atoms with van der Waals surface area (Å²) >= 11 is 7.75. The molecule has 0 aliphatic carbocycles. The fourth-order valence-corrected chi connectivity index (χ4v) is 2.10. The lowest BCUT2D eigenvalue weighted by Crippen LogP contribution is -2.18. The van der Waals surface area contributed by atoms with E-state index in [1.54, 1.807) is 22.6 Å². The quantitative estimate of drug-likeness (QED) is 0.478. The van der Waals surface area contributed by atoms with Crippen LogP contribution in [0, 0.1) is 3.57 Å². The molecular weight excluding hydrogens is 446 g/mol. The Labute approximate surface area is 108 Å². The molecule has 2 nitrogen and oxygen atoms in total. The van der Waals surface area contributed by atoms with Gasteiger partial charge >= 0.3 is 6.36 Å². The van der Waals surface area contributed by atoms with Gasteiger partial charge in [0.25, 0.3) is 0 Å². The number of hydrogen-bond acceptors (Lipinski definition) is 2. The molecule has 1 aromatic heterocycles. The van der Waals surface area contributed by atoms with Gasteiger partial charge in [0.2, 0.25) is 5.88 Å². The lowest BCUT2D eigenvalue weighted by Gasteiger charge is -2.10. The average molecular weight is 447 g/mol. The molecule has 0 aliphatic rings. The molecule has 0 aromatic carbocycles. The summed E-state index contributed by atoms with van der Waals surface area (Å²) in [6.07, 6.45) is -4.73. The first-order chi connectivity index (χ1) is 6.29. The van der Waals surface area contributed by atoms with Crippen LogP contribution in [0.2, 0.25) is 0 Å². The number of halogens is 6. The van der Waals surface area contributed by atoms with Crippen molar-refractivity contribution in [2.24, 2.45) is 0 Å². The van der Waals surface area contributed by atoms with E-state index in [-0.39, 0.29) is 8.17 Å².